The van der Waals surface area contributed by atoms with Crippen molar-refractivity contribution in [2.24, 2.45) is 0 Å². The monoisotopic (exact) mass is 878 g/mol. The predicted molar refractivity (Wildman–Crippen MR) is 218 cm³/mol. The zero-order valence-electron chi connectivity index (χ0n) is 29.8. The Morgan fingerprint density at radius 3 is 1.96 bits per heavy atom. The number of pyridine rings is 1. The molecule has 266 valence electrons. The number of ether oxygens (including phenoxy) is 1. The van der Waals surface area contributed by atoms with E-state index in [9.17, 15) is 0 Å². The fourth-order valence-corrected chi connectivity index (χ4v) is 7.05. The summed E-state index contributed by atoms with van der Waals surface area (Å²) in [7, 11) is 4.04. The van der Waals surface area contributed by atoms with E-state index in [1.807, 2.05) is 56.7 Å². The van der Waals surface area contributed by atoms with Crippen molar-refractivity contribution in [1.29, 1.82) is 0 Å². The number of hydrogen-bond acceptors (Lipinski definition) is 5. The van der Waals surface area contributed by atoms with Gasteiger partial charge in [0.25, 0.3) is 0 Å². The fourth-order valence-electron chi connectivity index (χ4n) is 7.05. The van der Waals surface area contributed by atoms with Crippen LogP contribution in [0, 0.1) is 18.8 Å². The van der Waals surface area contributed by atoms with E-state index in [2.05, 4.69) is 166 Å². The van der Waals surface area contributed by atoms with Crippen LogP contribution in [-0.2, 0) is 21.1 Å². The maximum atomic E-state index is 6.44. The van der Waals surface area contributed by atoms with Gasteiger partial charge in [0.05, 0.1) is 0 Å². The zero-order chi connectivity index (χ0) is 35.7. The molecule has 0 fully saturated rings. The van der Waals surface area contributed by atoms with Gasteiger partial charge in [-0.3, -0.25) is 0 Å². The SMILES string of the molecule is CN(C)c1ccnc(-c2[c-]c(Oc3[c-]c(N4[CH-]N(c5c(-c6ccccc6)cccc5-c5ccccc5)c5c4ccc4ccccc54)ccc3)ccc2)c1.[Pt]. The van der Waals surface area contributed by atoms with Crippen LogP contribution in [0.3, 0.4) is 0 Å². The van der Waals surface area contributed by atoms with E-state index in [-0.39, 0.29) is 21.1 Å². The Labute approximate surface area is 331 Å². The maximum absolute atomic E-state index is 6.44. The maximum Gasteiger partial charge on any atom is 0.0424 e. The Hall–Kier alpha value is -6.16. The zero-order valence-corrected chi connectivity index (χ0v) is 32.0. The van der Waals surface area contributed by atoms with Gasteiger partial charge in [-0.1, -0.05) is 121 Å². The molecule has 1 aliphatic rings. The van der Waals surface area contributed by atoms with Gasteiger partial charge in [-0.2, -0.15) is 6.07 Å². The summed E-state index contributed by atoms with van der Waals surface area (Å²) in [4.78, 5) is 11.2. The molecule has 0 bridgehead atoms. The Balaban J connectivity index is 0.00000413. The molecule has 9 rings (SSSR count). The normalized spacial score (nSPS) is 12.0. The van der Waals surface area contributed by atoms with Crippen LogP contribution in [0.4, 0.5) is 28.4 Å². The standard InChI is InChI=1S/C48H35N4O.Pt/c1-50(2)38-28-29-49-45(32-38)37-19-11-21-40(30-37)53-41-22-12-20-39(31-41)51-33-52(48-44-23-10-9-18-36(44)26-27-46(48)51)47-42(34-14-5-3-6-15-34)24-13-25-43(47)35-16-7-4-8-17-35;/h3-29,32-33H,1-2H3;/q-3;. The number of aromatic nitrogens is 1. The number of para-hydroxylation sites is 1. The van der Waals surface area contributed by atoms with E-state index in [4.69, 9.17) is 4.74 Å². The van der Waals surface area contributed by atoms with Gasteiger partial charge in [-0.05, 0) is 34.3 Å². The molecule has 7 aromatic carbocycles. The molecule has 0 atom stereocenters. The summed E-state index contributed by atoms with van der Waals surface area (Å²) in [5, 5.41) is 2.34. The number of rotatable bonds is 8. The van der Waals surface area contributed by atoms with Gasteiger partial charge in [0.2, 0.25) is 0 Å². The molecule has 2 heterocycles. The second kappa shape index (κ2) is 15.1. The van der Waals surface area contributed by atoms with Crippen LogP contribution in [0.2, 0.25) is 0 Å². The van der Waals surface area contributed by atoms with Crippen molar-refractivity contribution in [1.82, 2.24) is 4.98 Å². The molecule has 8 aromatic rings. The molecule has 0 unspecified atom stereocenters. The summed E-state index contributed by atoms with van der Waals surface area (Å²) in [5.41, 5.74) is 11.5. The molecule has 0 radical (unpaired) electrons. The minimum atomic E-state index is 0. The van der Waals surface area contributed by atoms with Crippen molar-refractivity contribution in [3.8, 4) is 45.0 Å². The topological polar surface area (TPSA) is 31.8 Å². The first-order chi connectivity index (χ1) is 26.1. The third kappa shape index (κ3) is 6.64. The molecule has 54 heavy (non-hydrogen) atoms. The van der Waals surface area contributed by atoms with Crippen LogP contribution in [0.5, 0.6) is 11.5 Å². The number of fused-ring (bicyclic) bond motifs is 3. The summed E-state index contributed by atoms with van der Waals surface area (Å²) >= 11 is 0. The van der Waals surface area contributed by atoms with Crippen LogP contribution in [0.15, 0.2) is 170 Å². The fraction of sp³-hybridized carbons (Fsp3) is 0.0417. The molecule has 0 aliphatic carbocycles. The van der Waals surface area contributed by atoms with Gasteiger partial charge in [0.15, 0.2) is 0 Å². The van der Waals surface area contributed by atoms with Crippen molar-refractivity contribution < 1.29 is 25.8 Å². The minimum Gasteiger partial charge on any atom is -0.503 e. The average molecular weight is 879 g/mol. The summed E-state index contributed by atoms with van der Waals surface area (Å²) < 4.78 is 6.44. The number of hydrogen-bond donors (Lipinski definition) is 0. The number of anilines is 5. The second-order valence-electron chi connectivity index (χ2n) is 13.2. The van der Waals surface area contributed by atoms with Crippen molar-refractivity contribution in [3.63, 3.8) is 0 Å². The van der Waals surface area contributed by atoms with Gasteiger partial charge >= 0.3 is 0 Å². The first-order valence-corrected chi connectivity index (χ1v) is 17.7. The predicted octanol–water partition coefficient (Wildman–Crippen LogP) is 12.1. The van der Waals surface area contributed by atoms with Gasteiger partial charge < -0.3 is 24.4 Å². The molecule has 6 heteroatoms. The summed E-state index contributed by atoms with van der Waals surface area (Å²) in [5.74, 6) is 1.19. The van der Waals surface area contributed by atoms with Crippen LogP contribution in [0.25, 0.3) is 44.3 Å². The van der Waals surface area contributed by atoms with Crippen LogP contribution >= 0.6 is 0 Å². The first-order valence-electron chi connectivity index (χ1n) is 17.7. The Morgan fingerprint density at radius 2 is 1.24 bits per heavy atom. The van der Waals surface area contributed by atoms with E-state index >= 15 is 0 Å². The average Bonchev–Trinajstić information content (AvgIpc) is 3.61. The summed E-state index contributed by atoms with van der Waals surface area (Å²) in [6.07, 6.45) is 1.82. The first kappa shape index (κ1) is 34.9. The molecule has 0 N–H and O–H groups in total. The van der Waals surface area contributed by atoms with Gasteiger partial charge in [-0.15, -0.1) is 54.3 Å². The number of nitrogens with zero attached hydrogens (tertiary/aromatic N) is 4. The Kier molecular flexibility index (Phi) is 9.73. The van der Waals surface area contributed by atoms with Crippen molar-refractivity contribution in [3.05, 3.63) is 189 Å². The molecule has 0 saturated carbocycles. The second-order valence-corrected chi connectivity index (χ2v) is 13.2. The van der Waals surface area contributed by atoms with E-state index in [1.54, 1.807) is 0 Å². The van der Waals surface area contributed by atoms with Gasteiger partial charge in [-0.25, -0.2) is 0 Å². The van der Waals surface area contributed by atoms with Crippen LogP contribution in [-0.4, -0.2) is 19.1 Å². The van der Waals surface area contributed by atoms with Crippen LogP contribution < -0.4 is 19.4 Å². The van der Waals surface area contributed by atoms with E-state index in [0.717, 1.165) is 67.3 Å². The van der Waals surface area contributed by atoms with Gasteiger partial charge in [0, 0.05) is 92.1 Å². The van der Waals surface area contributed by atoms with Crippen molar-refractivity contribution >= 4 is 39.2 Å². The Morgan fingerprint density at radius 1 is 0.593 bits per heavy atom. The molecule has 0 saturated heterocycles. The third-order valence-corrected chi connectivity index (χ3v) is 9.59. The van der Waals surface area contributed by atoms with E-state index in [1.165, 1.54) is 5.39 Å². The van der Waals surface area contributed by atoms with E-state index < -0.39 is 0 Å². The molecule has 1 aromatic heterocycles. The molecule has 5 nitrogen and oxygen atoms in total. The number of benzene rings is 7. The summed E-state index contributed by atoms with van der Waals surface area (Å²) in [6.45, 7) is 2.19. The van der Waals surface area contributed by atoms with Crippen molar-refractivity contribution in [2.45, 2.75) is 0 Å². The molecular formula is C48H35N4OPt-3. The van der Waals surface area contributed by atoms with Crippen molar-refractivity contribution in [2.75, 3.05) is 28.8 Å². The van der Waals surface area contributed by atoms with E-state index in [0.29, 0.717) is 11.5 Å². The third-order valence-electron chi connectivity index (χ3n) is 9.59. The molecule has 1 aliphatic heterocycles. The minimum absolute atomic E-state index is 0. The Bertz CT molecular complexity index is 2520. The largest absolute Gasteiger partial charge is 0.503 e. The molecule has 0 amide bonds. The van der Waals surface area contributed by atoms with Gasteiger partial charge in [0.1, 0.15) is 0 Å². The summed E-state index contributed by atoms with van der Waals surface area (Å²) in [6, 6.07) is 63.8. The van der Waals surface area contributed by atoms with Crippen LogP contribution in [0.1, 0.15) is 0 Å². The smallest absolute Gasteiger partial charge is 0.0424 e. The quantitative estimate of drug-likeness (QED) is 0.142. The molecular weight excluding hydrogens is 844 g/mol. The molecule has 0 spiro atoms.